The number of hydrogen-bond acceptors (Lipinski definition) is 21. The Morgan fingerprint density at radius 1 is 0.758 bits per heavy atom. The van der Waals surface area contributed by atoms with Gasteiger partial charge in [-0.05, 0) is 51.5 Å². The fourth-order valence-electron chi connectivity index (χ4n) is 7.30. The molecule has 15 atom stereocenters. The molecule has 10 N–H and O–H groups in total. The van der Waals surface area contributed by atoms with Crippen LogP contribution in [0, 0.1) is 0 Å². The van der Waals surface area contributed by atoms with Crippen LogP contribution >= 0.6 is 0 Å². The smallest absolute Gasteiger partial charge is 0.303 e. The van der Waals surface area contributed by atoms with Crippen LogP contribution in [-0.4, -0.2) is 169 Å². The van der Waals surface area contributed by atoms with E-state index >= 15 is 0 Å². The van der Waals surface area contributed by atoms with Gasteiger partial charge >= 0.3 is 5.97 Å². The van der Waals surface area contributed by atoms with Gasteiger partial charge in [0.1, 0.15) is 83.2 Å². The molecule has 21 heteroatoms. The normalized spacial score (nSPS) is 33.7. The molecule has 0 spiro atoms. The number of allylic oxidation sites excluding steroid dienone is 2. The molecule has 21 nitrogen and oxygen atoms in total. The number of phenolic OH excluding ortho intramolecular Hbond substituents is 1. The van der Waals surface area contributed by atoms with Gasteiger partial charge in [0.25, 0.3) is 0 Å². The Morgan fingerprint density at radius 3 is 1.92 bits per heavy atom. The zero-order valence-corrected chi connectivity index (χ0v) is 34.2. The highest BCUT2D eigenvalue weighted by Crippen LogP contribution is 2.42. The Balaban J connectivity index is 1.53. The van der Waals surface area contributed by atoms with E-state index < -0.39 is 134 Å². The SMILES string of the molecule is COc1ccc(-c2oc3c(CC=C(C)C)c(O[C@@H]4O[C@H](CO)[C@@H](O)[C@H](O)[C@H]4O)cc(O)c3c(=O)c2O[C@H]2O[C@@H](C)[C@H](O)[C@@H](OC(C)=O)[C@H]2O[C@@H]2O[C@H](CO)[C@@H](O)[C@H](O)[C@H]2O)cc1. The molecular weight excluding hydrogens is 828 g/mol. The highest BCUT2D eigenvalue weighted by Gasteiger charge is 2.53. The van der Waals surface area contributed by atoms with Gasteiger partial charge in [-0.3, -0.25) is 9.59 Å². The average Bonchev–Trinajstić information content (AvgIpc) is 3.24. The number of carbonyl (C=O) groups is 1. The van der Waals surface area contributed by atoms with E-state index in [2.05, 4.69) is 0 Å². The molecule has 0 aliphatic carbocycles. The van der Waals surface area contributed by atoms with Crippen LogP contribution in [0.3, 0.4) is 0 Å². The van der Waals surface area contributed by atoms with Crippen molar-refractivity contribution >= 4 is 16.9 Å². The van der Waals surface area contributed by atoms with Crippen LogP contribution in [0.25, 0.3) is 22.3 Å². The highest BCUT2D eigenvalue weighted by molar-refractivity contribution is 5.91. The Morgan fingerprint density at radius 2 is 1.35 bits per heavy atom. The van der Waals surface area contributed by atoms with E-state index in [0.29, 0.717) is 5.75 Å². The third kappa shape index (κ3) is 9.40. The van der Waals surface area contributed by atoms with Crippen LogP contribution < -0.4 is 19.6 Å². The summed E-state index contributed by atoms with van der Waals surface area (Å²) in [6.07, 6.45) is -23.7. The van der Waals surface area contributed by atoms with Gasteiger partial charge in [-0.15, -0.1) is 0 Å². The maximum Gasteiger partial charge on any atom is 0.303 e. The molecule has 0 bridgehead atoms. The van der Waals surface area contributed by atoms with Crippen molar-refractivity contribution in [3.8, 4) is 34.3 Å². The van der Waals surface area contributed by atoms with E-state index in [0.717, 1.165) is 18.6 Å². The van der Waals surface area contributed by atoms with E-state index in [-0.39, 0.29) is 34.6 Å². The van der Waals surface area contributed by atoms with Crippen molar-refractivity contribution < 1.29 is 98.2 Å². The summed E-state index contributed by atoms with van der Waals surface area (Å²) in [6.45, 7) is 4.45. The summed E-state index contributed by atoms with van der Waals surface area (Å²) in [4.78, 5) is 27.3. The summed E-state index contributed by atoms with van der Waals surface area (Å²) in [5.74, 6) is -2.32. The van der Waals surface area contributed by atoms with Crippen molar-refractivity contribution in [3.63, 3.8) is 0 Å². The summed E-state index contributed by atoms with van der Waals surface area (Å²) >= 11 is 0. The van der Waals surface area contributed by atoms with Crippen LogP contribution in [-0.2, 0) is 34.9 Å². The van der Waals surface area contributed by atoms with Gasteiger partial charge in [-0.2, -0.15) is 0 Å². The molecule has 62 heavy (non-hydrogen) atoms. The van der Waals surface area contributed by atoms with Crippen LogP contribution in [0.15, 0.2) is 51.2 Å². The number of benzene rings is 2. The summed E-state index contributed by atoms with van der Waals surface area (Å²) in [5, 5.41) is 105. The number of carbonyl (C=O) groups excluding carboxylic acids is 1. The topological polar surface area (TPSA) is 323 Å². The number of aromatic hydroxyl groups is 1. The molecule has 0 saturated carbocycles. The number of hydrogen-bond donors (Lipinski definition) is 10. The summed E-state index contributed by atoms with van der Waals surface area (Å²) < 4.78 is 52.6. The molecule has 3 aromatic rings. The number of rotatable bonds is 13. The molecule has 0 radical (unpaired) electrons. The predicted octanol–water partition coefficient (Wildman–Crippen LogP) is -1.54. The van der Waals surface area contributed by atoms with Gasteiger partial charge in [0.2, 0.25) is 23.8 Å². The molecule has 3 fully saturated rings. The fraction of sp³-hybridized carbons (Fsp3) is 0.561. The minimum Gasteiger partial charge on any atom is -0.507 e. The molecule has 3 aliphatic heterocycles. The van der Waals surface area contributed by atoms with E-state index in [4.69, 9.17) is 42.3 Å². The first-order chi connectivity index (χ1) is 29.4. The molecule has 1 aromatic heterocycles. The van der Waals surface area contributed by atoms with E-state index in [1.54, 1.807) is 32.1 Å². The van der Waals surface area contributed by atoms with E-state index in [1.807, 2.05) is 0 Å². The van der Waals surface area contributed by atoms with Gasteiger partial charge in [-0.25, -0.2) is 0 Å². The van der Waals surface area contributed by atoms with Gasteiger partial charge in [0, 0.05) is 24.1 Å². The van der Waals surface area contributed by atoms with Crippen LogP contribution in [0.2, 0.25) is 0 Å². The van der Waals surface area contributed by atoms with Crippen LogP contribution in [0.1, 0.15) is 33.3 Å². The van der Waals surface area contributed by atoms with E-state index in [9.17, 15) is 60.7 Å². The zero-order chi connectivity index (χ0) is 45.3. The number of phenols is 1. The third-order valence-electron chi connectivity index (χ3n) is 10.8. The quantitative estimate of drug-likeness (QED) is 0.0687. The number of aliphatic hydroxyl groups is 9. The Kier molecular flexibility index (Phi) is 14.8. The Hall–Kier alpha value is -4.46. The van der Waals surface area contributed by atoms with Crippen LogP contribution in [0.4, 0.5) is 0 Å². The second-order valence-corrected chi connectivity index (χ2v) is 15.4. The van der Waals surface area contributed by atoms with Gasteiger partial charge in [0.05, 0.1) is 26.4 Å². The largest absolute Gasteiger partial charge is 0.507 e. The second kappa shape index (κ2) is 19.5. The Labute approximate surface area is 353 Å². The van der Waals surface area contributed by atoms with Crippen molar-refractivity contribution in [1.82, 2.24) is 0 Å². The third-order valence-corrected chi connectivity index (χ3v) is 10.8. The number of methoxy groups -OCH3 is 1. The van der Waals surface area contributed by atoms with Crippen LogP contribution in [0.5, 0.6) is 23.0 Å². The predicted molar refractivity (Wildman–Crippen MR) is 209 cm³/mol. The van der Waals surface area contributed by atoms with Crippen molar-refractivity contribution in [2.24, 2.45) is 0 Å². The first-order valence-electron chi connectivity index (χ1n) is 19.6. The monoisotopic (exact) mass is 880 g/mol. The van der Waals surface area contributed by atoms with Gasteiger partial charge in [0.15, 0.2) is 24.3 Å². The van der Waals surface area contributed by atoms with Gasteiger partial charge < -0.3 is 93.4 Å². The summed E-state index contributed by atoms with van der Waals surface area (Å²) in [5.41, 5.74) is -0.129. The fourth-order valence-corrected chi connectivity index (χ4v) is 7.30. The lowest BCUT2D eigenvalue weighted by atomic mass is 9.97. The van der Waals surface area contributed by atoms with Crippen molar-refractivity contribution in [2.45, 2.75) is 126 Å². The lowest BCUT2D eigenvalue weighted by Gasteiger charge is -2.46. The molecule has 3 aliphatic rings. The van der Waals surface area contributed by atoms with Crippen molar-refractivity contribution in [1.29, 1.82) is 0 Å². The first kappa shape index (κ1) is 47.0. The minimum absolute atomic E-state index is 0.0166. The molecular formula is C41H52O21. The summed E-state index contributed by atoms with van der Waals surface area (Å²) in [7, 11) is 1.43. The Bertz CT molecular complexity index is 2110. The number of fused-ring (bicyclic) bond motifs is 1. The lowest BCUT2D eigenvalue weighted by molar-refractivity contribution is -0.356. The number of aliphatic hydroxyl groups excluding tert-OH is 9. The highest BCUT2D eigenvalue weighted by atomic mass is 16.8. The molecule has 0 amide bonds. The molecule has 2 aromatic carbocycles. The molecule has 0 unspecified atom stereocenters. The summed E-state index contributed by atoms with van der Waals surface area (Å²) in [6, 6.07) is 7.14. The second-order valence-electron chi connectivity index (χ2n) is 15.4. The molecule has 6 rings (SSSR count). The maximum atomic E-state index is 14.9. The molecule has 342 valence electrons. The molecule has 3 saturated heterocycles. The lowest BCUT2D eigenvalue weighted by Crippen LogP contribution is -2.65. The van der Waals surface area contributed by atoms with Gasteiger partial charge in [-0.1, -0.05) is 11.6 Å². The maximum absolute atomic E-state index is 14.9. The minimum atomic E-state index is -1.97. The zero-order valence-electron chi connectivity index (χ0n) is 34.2. The number of ether oxygens (including phenoxy) is 8. The van der Waals surface area contributed by atoms with Crippen molar-refractivity contribution in [2.75, 3.05) is 20.3 Å². The molecule has 4 heterocycles. The first-order valence-corrected chi connectivity index (χ1v) is 19.6. The van der Waals surface area contributed by atoms with Crippen molar-refractivity contribution in [3.05, 3.63) is 57.8 Å². The standard InChI is InChI=1S/C41H52O21/c1-15(2)6-11-20-22(57-39-32(52)30(50)27(47)23(13-42)58-39)12-21(45)25-29(49)37(34(60-35(20)25)18-7-9-19(54-5)10-8-18)61-41-38(36(56-17(4)44)26(46)16(3)55-41)62-40-33(53)31(51)28(48)24(14-43)59-40/h6-10,12,16,23-24,26-28,30-33,36,38-43,45-48,50-53H,11,13-14H2,1-5H3/t16-,23+,24+,26-,27+,28+,30-,31-,32+,33+,36+,38+,39+,40-,41+/m0/s1. The van der Waals surface area contributed by atoms with E-state index in [1.165, 1.54) is 26.2 Å². The number of esters is 1. The average molecular weight is 881 g/mol.